The highest BCUT2D eigenvalue weighted by Crippen LogP contribution is 2.55. The van der Waals surface area contributed by atoms with Crippen LogP contribution in [0, 0.1) is 0 Å². The Morgan fingerprint density at radius 1 is 0.523 bits per heavy atom. The first kappa shape index (κ1) is 28.3. The van der Waals surface area contributed by atoms with Crippen LogP contribution < -0.4 is 0 Å². The second-order valence-electron chi connectivity index (χ2n) is 11.4. The average molecular weight is 594 g/mol. The molecule has 0 amide bonds. The van der Waals surface area contributed by atoms with E-state index in [9.17, 15) is 0 Å². The standard InChI is InChI=1S/C40H35NO2S/c1-3-28-26-32-20-14-24-35(30-16-8-5-9-17-30)37(32)39(28)41(44(42,43)34-22-12-7-13-23-34)40-29(4-2)27-33-21-15-25-36(38(33)40)31-18-10-6-11-19-31/h5-27,39-40H,3-4H2,1-2H3. The van der Waals surface area contributed by atoms with Crippen molar-refractivity contribution in [1.29, 1.82) is 0 Å². The third-order valence-corrected chi connectivity index (χ3v) is 10.9. The summed E-state index contributed by atoms with van der Waals surface area (Å²) in [5, 5.41) is 0. The number of fused-ring (bicyclic) bond motifs is 2. The topological polar surface area (TPSA) is 37.4 Å². The first-order valence-electron chi connectivity index (χ1n) is 15.4. The quantitative estimate of drug-likeness (QED) is 0.180. The van der Waals surface area contributed by atoms with Gasteiger partial charge in [-0.3, -0.25) is 0 Å². The van der Waals surface area contributed by atoms with Crippen molar-refractivity contribution in [3.05, 3.63) is 161 Å². The first-order valence-corrected chi connectivity index (χ1v) is 16.8. The minimum absolute atomic E-state index is 0.308. The van der Waals surface area contributed by atoms with Gasteiger partial charge in [-0.25, -0.2) is 8.42 Å². The highest BCUT2D eigenvalue weighted by Gasteiger charge is 2.46. The van der Waals surface area contributed by atoms with Crippen LogP contribution in [0.25, 0.3) is 34.4 Å². The van der Waals surface area contributed by atoms with E-state index < -0.39 is 22.1 Å². The maximum Gasteiger partial charge on any atom is 0.244 e. The summed E-state index contributed by atoms with van der Waals surface area (Å²) in [7, 11) is -3.99. The summed E-state index contributed by atoms with van der Waals surface area (Å²) in [6.45, 7) is 4.27. The van der Waals surface area contributed by atoms with Crippen LogP contribution in [0.3, 0.4) is 0 Å². The zero-order chi connectivity index (χ0) is 30.3. The maximum absolute atomic E-state index is 15.2. The number of hydrogen-bond donors (Lipinski definition) is 0. The van der Waals surface area contributed by atoms with Crippen LogP contribution in [-0.4, -0.2) is 12.7 Å². The van der Waals surface area contributed by atoms with Gasteiger partial charge in [0, 0.05) is 0 Å². The highest BCUT2D eigenvalue weighted by atomic mass is 32.2. The smallest absolute Gasteiger partial charge is 0.207 e. The maximum atomic E-state index is 15.2. The van der Waals surface area contributed by atoms with E-state index in [0.717, 1.165) is 68.5 Å². The van der Waals surface area contributed by atoms with E-state index in [1.165, 1.54) is 0 Å². The van der Waals surface area contributed by atoms with Crippen LogP contribution in [0.4, 0.5) is 0 Å². The van der Waals surface area contributed by atoms with Gasteiger partial charge < -0.3 is 0 Å². The molecule has 2 atom stereocenters. The molecule has 2 aliphatic carbocycles. The Hall–Kier alpha value is -4.51. The van der Waals surface area contributed by atoms with Gasteiger partial charge in [0.25, 0.3) is 0 Å². The Balaban J connectivity index is 1.53. The van der Waals surface area contributed by atoms with E-state index in [1.54, 1.807) is 12.1 Å². The van der Waals surface area contributed by atoms with E-state index in [4.69, 9.17) is 0 Å². The number of sulfonamides is 1. The zero-order valence-electron chi connectivity index (χ0n) is 25.0. The molecule has 2 aliphatic rings. The molecule has 4 heteroatoms. The SMILES string of the molecule is CCC1=Cc2cccc(-c3ccccc3)c2C1N(C1C(CC)=Cc2cccc(-c3ccccc3)c21)S(=O)(=O)c1ccccc1. The molecule has 44 heavy (non-hydrogen) atoms. The second kappa shape index (κ2) is 11.5. The van der Waals surface area contributed by atoms with Crippen molar-refractivity contribution in [3.63, 3.8) is 0 Å². The fourth-order valence-corrected chi connectivity index (χ4v) is 8.79. The van der Waals surface area contributed by atoms with Crippen molar-refractivity contribution in [3.8, 4) is 22.3 Å². The minimum atomic E-state index is -3.99. The second-order valence-corrected chi connectivity index (χ2v) is 13.3. The van der Waals surface area contributed by atoms with E-state index in [1.807, 2.05) is 58.9 Å². The predicted molar refractivity (Wildman–Crippen MR) is 181 cm³/mol. The summed E-state index contributed by atoms with van der Waals surface area (Å²) in [4.78, 5) is 0.308. The molecule has 0 aliphatic heterocycles. The highest BCUT2D eigenvalue weighted by molar-refractivity contribution is 7.89. The molecule has 0 radical (unpaired) electrons. The van der Waals surface area contributed by atoms with E-state index >= 15 is 8.42 Å². The van der Waals surface area contributed by atoms with E-state index in [-0.39, 0.29) is 0 Å². The van der Waals surface area contributed by atoms with Gasteiger partial charge in [-0.05, 0) is 80.6 Å². The fraction of sp³-hybridized carbons (Fsp3) is 0.150. The lowest BCUT2D eigenvalue weighted by molar-refractivity contribution is 0.305. The van der Waals surface area contributed by atoms with Gasteiger partial charge in [0.2, 0.25) is 10.0 Å². The number of rotatable bonds is 8. The molecule has 218 valence electrons. The fourth-order valence-electron chi connectivity index (χ4n) is 7.01. The minimum Gasteiger partial charge on any atom is -0.207 e. The number of nitrogens with zero attached hydrogens (tertiary/aromatic N) is 1. The van der Waals surface area contributed by atoms with E-state index in [2.05, 4.69) is 86.7 Å². The predicted octanol–water partition coefficient (Wildman–Crippen LogP) is 10.1. The Labute approximate surface area is 260 Å². The molecule has 0 bridgehead atoms. The molecule has 0 fully saturated rings. The number of benzene rings is 5. The molecule has 7 rings (SSSR count). The van der Waals surface area contributed by atoms with Crippen LogP contribution in [0.2, 0.25) is 0 Å². The van der Waals surface area contributed by atoms with Crippen LogP contribution in [0.1, 0.15) is 61.0 Å². The first-order chi connectivity index (χ1) is 21.5. The summed E-state index contributed by atoms with van der Waals surface area (Å²) in [6.07, 6.45) is 5.90. The van der Waals surface area contributed by atoms with Crippen molar-refractivity contribution >= 4 is 22.2 Å². The van der Waals surface area contributed by atoms with Crippen LogP contribution in [0.5, 0.6) is 0 Å². The molecule has 0 heterocycles. The average Bonchev–Trinajstić information content (AvgIpc) is 3.64. The molecular weight excluding hydrogens is 559 g/mol. The molecule has 0 saturated heterocycles. The third kappa shape index (κ3) is 4.66. The van der Waals surface area contributed by atoms with Gasteiger partial charge in [0.05, 0.1) is 17.0 Å². The Morgan fingerprint density at radius 3 is 1.34 bits per heavy atom. The van der Waals surface area contributed by atoms with Crippen molar-refractivity contribution in [2.75, 3.05) is 0 Å². The van der Waals surface area contributed by atoms with Gasteiger partial charge >= 0.3 is 0 Å². The Kier molecular flexibility index (Phi) is 7.41. The van der Waals surface area contributed by atoms with E-state index in [0.29, 0.717) is 4.90 Å². The van der Waals surface area contributed by atoms with Crippen molar-refractivity contribution < 1.29 is 8.42 Å². The van der Waals surface area contributed by atoms with Crippen molar-refractivity contribution in [2.45, 2.75) is 43.7 Å². The lowest BCUT2D eigenvalue weighted by Gasteiger charge is -2.38. The van der Waals surface area contributed by atoms with Crippen LogP contribution >= 0.6 is 0 Å². The molecule has 3 nitrogen and oxygen atoms in total. The van der Waals surface area contributed by atoms with Crippen LogP contribution in [-0.2, 0) is 10.0 Å². The largest absolute Gasteiger partial charge is 0.244 e. The molecule has 0 aromatic heterocycles. The van der Waals surface area contributed by atoms with Gasteiger partial charge in [-0.2, -0.15) is 4.31 Å². The summed E-state index contributed by atoms with van der Waals surface area (Å²) >= 11 is 0. The summed E-state index contributed by atoms with van der Waals surface area (Å²) < 4.78 is 32.3. The van der Waals surface area contributed by atoms with Crippen molar-refractivity contribution in [2.24, 2.45) is 0 Å². The lowest BCUT2D eigenvalue weighted by Crippen LogP contribution is -2.39. The third-order valence-electron chi connectivity index (χ3n) is 9.02. The van der Waals surface area contributed by atoms with Gasteiger partial charge in [0.15, 0.2) is 0 Å². The number of hydrogen-bond acceptors (Lipinski definition) is 2. The summed E-state index contributed by atoms with van der Waals surface area (Å²) in [5.41, 5.74) is 10.8. The summed E-state index contributed by atoms with van der Waals surface area (Å²) in [5.74, 6) is 0. The zero-order valence-corrected chi connectivity index (χ0v) is 25.8. The lowest BCUT2D eigenvalue weighted by atomic mass is 9.89. The molecule has 2 unspecified atom stereocenters. The Morgan fingerprint density at radius 2 is 0.932 bits per heavy atom. The molecule has 0 N–H and O–H groups in total. The summed E-state index contributed by atoms with van der Waals surface area (Å²) in [6, 6.07) is 41.4. The van der Waals surface area contributed by atoms with Crippen LogP contribution in [0.15, 0.2) is 143 Å². The van der Waals surface area contributed by atoms with Gasteiger partial charge in [-0.15, -0.1) is 0 Å². The van der Waals surface area contributed by atoms with Crippen molar-refractivity contribution in [1.82, 2.24) is 4.31 Å². The Bertz CT molecular complexity index is 1880. The molecule has 5 aromatic rings. The monoisotopic (exact) mass is 593 g/mol. The molecule has 5 aromatic carbocycles. The molecule has 0 saturated carbocycles. The molecule has 0 spiro atoms. The normalized spacial score (nSPS) is 17.2. The van der Waals surface area contributed by atoms with Gasteiger partial charge in [-0.1, -0.05) is 141 Å². The van der Waals surface area contributed by atoms with Gasteiger partial charge in [0.1, 0.15) is 0 Å². The molecular formula is C40H35NO2S.